The molecule has 0 atom stereocenters. The number of methoxy groups -OCH3 is 1. The highest BCUT2D eigenvalue weighted by molar-refractivity contribution is 9.10. The summed E-state index contributed by atoms with van der Waals surface area (Å²) in [5.74, 6) is 2.69. The summed E-state index contributed by atoms with van der Waals surface area (Å²) >= 11 is 5.15. The van der Waals surface area contributed by atoms with Crippen LogP contribution >= 0.6 is 27.7 Å². The molecule has 2 aromatic rings. The number of hydrogen-bond acceptors (Lipinski definition) is 5. The van der Waals surface area contributed by atoms with Crippen LogP contribution in [0.25, 0.3) is 0 Å². The fourth-order valence-electron chi connectivity index (χ4n) is 3.24. The van der Waals surface area contributed by atoms with Gasteiger partial charge in [-0.1, -0.05) is 34.1 Å². The van der Waals surface area contributed by atoms with Crippen molar-refractivity contribution < 1.29 is 9.53 Å². The van der Waals surface area contributed by atoms with Crippen molar-refractivity contribution in [1.29, 1.82) is 0 Å². The van der Waals surface area contributed by atoms with Crippen LogP contribution in [0.2, 0.25) is 0 Å². The van der Waals surface area contributed by atoms with Crippen molar-refractivity contribution in [3.8, 4) is 5.75 Å². The van der Waals surface area contributed by atoms with Gasteiger partial charge >= 0.3 is 0 Å². The number of carbonyl (C=O) groups is 1. The molecule has 0 bridgehead atoms. The summed E-state index contributed by atoms with van der Waals surface area (Å²) in [6.45, 7) is 4.22. The van der Waals surface area contributed by atoms with Crippen molar-refractivity contribution in [3.63, 3.8) is 0 Å². The van der Waals surface area contributed by atoms with Crippen molar-refractivity contribution in [1.82, 2.24) is 19.7 Å². The molecule has 0 unspecified atom stereocenters. The molecule has 1 aromatic carbocycles. The highest BCUT2D eigenvalue weighted by Crippen LogP contribution is 2.30. The Morgan fingerprint density at radius 2 is 2.11 bits per heavy atom. The number of carbonyl (C=O) groups excluding carboxylic acids is 1. The Morgan fingerprint density at radius 3 is 2.89 bits per heavy atom. The van der Waals surface area contributed by atoms with E-state index in [1.807, 2.05) is 17.0 Å². The van der Waals surface area contributed by atoms with Gasteiger partial charge in [0.1, 0.15) is 5.75 Å². The fourth-order valence-corrected chi connectivity index (χ4v) is 4.65. The van der Waals surface area contributed by atoms with E-state index in [1.54, 1.807) is 18.9 Å². The molecule has 1 amide bonds. The molecule has 1 aromatic heterocycles. The first kappa shape index (κ1) is 20.2. The van der Waals surface area contributed by atoms with Gasteiger partial charge in [-0.3, -0.25) is 4.79 Å². The van der Waals surface area contributed by atoms with Crippen LogP contribution in [0.1, 0.15) is 44.0 Å². The molecule has 3 rings (SSSR count). The van der Waals surface area contributed by atoms with E-state index in [9.17, 15) is 4.79 Å². The minimum absolute atomic E-state index is 0.228. The number of ether oxygens (including phenoxy) is 1. The summed E-state index contributed by atoms with van der Waals surface area (Å²) in [5.41, 5.74) is 1.10. The topological polar surface area (TPSA) is 60.2 Å². The molecular weight excluding hydrogens is 428 g/mol. The van der Waals surface area contributed by atoms with E-state index < -0.39 is 0 Å². The first-order chi connectivity index (χ1) is 13.1. The molecule has 0 spiro atoms. The molecule has 146 valence electrons. The minimum Gasteiger partial charge on any atom is -0.496 e. The Kier molecular flexibility index (Phi) is 7.18. The van der Waals surface area contributed by atoms with Crippen LogP contribution in [0.3, 0.4) is 0 Å². The molecule has 1 fully saturated rings. The Balaban J connectivity index is 1.72. The average molecular weight is 453 g/mol. The maximum absolute atomic E-state index is 12.3. The largest absolute Gasteiger partial charge is 0.496 e. The summed E-state index contributed by atoms with van der Waals surface area (Å²) in [7, 11) is 1.68. The molecule has 0 N–H and O–H groups in total. The zero-order valence-corrected chi connectivity index (χ0v) is 18.2. The molecule has 2 heterocycles. The predicted molar refractivity (Wildman–Crippen MR) is 110 cm³/mol. The quantitative estimate of drug-likeness (QED) is 0.587. The van der Waals surface area contributed by atoms with Gasteiger partial charge in [0.15, 0.2) is 11.0 Å². The van der Waals surface area contributed by atoms with Crippen LogP contribution in [0, 0.1) is 0 Å². The Labute approximate surface area is 172 Å². The number of rotatable bonds is 7. The van der Waals surface area contributed by atoms with Crippen LogP contribution < -0.4 is 4.74 Å². The summed E-state index contributed by atoms with van der Waals surface area (Å²) in [4.78, 5) is 14.2. The normalized spacial score (nSPS) is 15.1. The fraction of sp³-hybridized carbons (Fsp3) is 0.526. The van der Waals surface area contributed by atoms with Gasteiger partial charge in [0.05, 0.1) is 13.7 Å². The molecule has 6 nitrogen and oxygen atoms in total. The molecule has 1 aliphatic rings. The predicted octanol–water partition coefficient (Wildman–Crippen LogP) is 4.26. The van der Waals surface area contributed by atoms with E-state index >= 15 is 0 Å². The van der Waals surface area contributed by atoms with Crippen LogP contribution in [0.15, 0.2) is 27.8 Å². The van der Waals surface area contributed by atoms with Gasteiger partial charge in [-0.05, 0) is 38.0 Å². The van der Waals surface area contributed by atoms with Crippen molar-refractivity contribution >= 4 is 33.6 Å². The zero-order valence-electron chi connectivity index (χ0n) is 15.8. The molecule has 27 heavy (non-hydrogen) atoms. The first-order valence-electron chi connectivity index (χ1n) is 9.27. The lowest BCUT2D eigenvalue weighted by molar-refractivity contribution is -0.131. The van der Waals surface area contributed by atoms with Gasteiger partial charge in [0.2, 0.25) is 5.91 Å². The standard InChI is InChI=1S/C19H25BrN4O2S/c1-3-24-17(12-23-10-6-4-5-7-18(23)25)21-22-19(24)27-13-14-11-15(20)8-9-16(14)26-2/h8-9,11H,3-7,10,12-13H2,1-2H3. The zero-order chi connectivity index (χ0) is 19.2. The molecule has 0 saturated carbocycles. The van der Waals surface area contributed by atoms with Gasteiger partial charge in [-0.2, -0.15) is 0 Å². The number of halogens is 1. The second-order valence-corrected chi connectivity index (χ2v) is 8.37. The number of thioether (sulfide) groups is 1. The van der Waals surface area contributed by atoms with Crippen molar-refractivity contribution in [2.75, 3.05) is 13.7 Å². The van der Waals surface area contributed by atoms with E-state index in [0.717, 1.165) is 64.9 Å². The van der Waals surface area contributed by atoms with E-state index in [1.165, 1.54) is 0 Å². The lowest BCUT2D eigenvalue weighted by Gasteiger charge is -2.20. The monoisotopic (exact) mass is 452 g/mol. The van der Waals surface area contributed by atoms with Crippen molar-refractivity contribution in [2.24, 2.45) is 0 Å². The molecule has 8 heteroatoms. The molecule has 1 saturated heterocycles. The second-order valence-electron chi connectivity index (χ2n) is 6.51. The minimum atomic E-state index is 0.228. The van der Waals surface area contributed by atoms with E-state index in [0.29, 0.717) is 13.0 Å². The maximum Gasteiger partial charge on any atom is 0.222 e. The third kappa shape index (κ3) is 5.04. The molecule has 0 radical (unpaired) electrons. The van der Waals surface area contributed by atoms with Crippen LogP contribution in [-0.4, -0.2) is 39.2 Å². The third-order valence-corrected chi connectivity index (χ3v) is 6.22. The lowest BCUT2D eigenvalue weighted by Crippen LogP contribution is -2.31. The lowest BCUT2D eigenvalue weighted by atomic mass is 10.2. The number of likely N-dealkylation sites (tertiary alicyclic amines) is 1. The Morgan fingerprint density at radius 1 is 1.26 bits per heavy atom. The van der Waals surface area contributed by atoms with Gasteiger partial charge < -0.3 is 14.2 Å². The highest BCUT2D eigenvalue weighted by atomic mass is 79.9. The van der Waals surface area contributed by atoms with Crippen molar-refractivity contribution in [3.05, 3.63) is 34.1 Å². The summed E-state index contributed by atoms with van der Waals surface area (Å²) in [5, 5.41) is 9.63. The van der Waals surface area contributed by atoms with Gasteiger partial charge in [-0.15, -0.1) is 10.2 Å². The number of aromatic nitrogens is 3. The van der Waals surface area contributed by atoms with Crippen LogP contribution in [0.5, 0.6) is 5.75 Å². The van der Waals surface area contributed by atoms with Gasteiger partial charge in [0, 0.05) is 35.3 Å². The Bertz CT molecular complexity index is 796. The smallest absolute Gasteiger partial charge is 0.222 e. The number of nitrogens with zero attached hydrogens (tertiary/aromatic N) is 4. The summed E-state index contributed by atoms with van der Waals surface area (Å²) < 4.78 is 8.58. The van der Waals surface area contributed by atoms with Crippen LogP contribution in [0.4, 0.5) is 0 Å². The summed E-state index contributed by atoms with van der Waals surface area (Å²) in [6.07, 6.45) is 3.82. The van der Waals surface area contributed by atoms with Crippen LogP contribution in [-0.2, 0) is 23.6 Å². The number of hydrogen-bond donors (Lipinski definition) is 0. The molecule has 1 aliphatic heterocycles. The molecular formula is C19H25BrN4O2S. The van der Waals surface area contributed by atoms with E-state index in [-0.39, 0.29) is 5.91 Å². The van der Waals surface area contributed by atoms with E-state index in [4.69, 9.17) is 4.74 Å². The molecule has 0 aliphatic carbocycles. The number of benzene rings is 1. The second kappa shape index (κ2) is 9.59. The average Bonchev–Trinajstić information content (AvgIpc) is 2.94. The summed E-state index contributed by atoms with van der Waals surface area (Å²) in [6, 6.07) is 5.99. The first-order valence-corrected chi connectivity index (χ1v) is 11.0. The van der Waals surface area contributed by atoms with E-state index in [2.05, 4.69) is 43.7 Å². The third-order valence-electron chi connectivity index (χ3n) is 4.71. The SMILES string of the molecule is CCn1c(CN2CCCCCC2=O)nnc1SCc1cc(Br)ccc1OC. The van der Waals surface area contributed by atoms with Gasteiger partial charge in [-0.25, -0.2) is 0 Å². The number of amides is 1. The maximum atomic E-state index is 12.3. The highest BCUT2D eigenvalue weighted by Gasteiger charge is 2.20. The Hall–Kier alpha value is -1.54. The van der Waals surface area contributed by atoms with Gasteiger partial charge in [0.25, 0.3) is 0 Å². The van der Waals surface area contributed by atoms with Crippen molar-refractivity contribution in [2.45, 2.75) is 56.6 Å².